The van der Waals surface area contributed by atoms with Crippen LogP contribution in [0.4, 0.5) is 0 Å². The number of methoxy groups -OCH3 is 1. The Balaban J connectivity index is 2.69. The fraction of sp³-hybridized carbons (Fsp3) is 0.600. The molecule has 1 rings (SSSR count). The van der Waals surface area contributed by atoms with E-state index in [2.05, 4.69) is 25.7 Å². The highest BCUT2D eigenvalue weighted by Gasteiger charge is 2.11. The predicted molar refractivity (Wildman–Crippen MR) is 75.1 cm³/mol. The first-order valence-electron chi connectivity index (χ1n) is 6.68. The Morgan fingerprint density at radius 3 is 2.56 bits per heavy atom. The summed E-state index contributed by atoms with van der Waals surface area (Å²) in [4.78, 5) is 2.36. The fourth-order valence-electron chi connectivity index (χ4n) is 1.92. The van der Waals surface area contributed by atoms with Crippen molar-refractivity contribution in [1.82, 2.24) is 4.90 Å². The summed E-state index contributed by atoms with van der Waals surface area (Å²) < 4.78 is 5.09. The van der Waals surface area contributed by atoms with Gasteiger partial charge in [0.15, 0.2) is 0 Å². The molecule has 102 valence electrons. The minimum atomic E-state index is 0.317. The van der Waals surface area contributed by atoms with Crippen molar-refractivity contribution in [2.24, 2.45) is 5.92 Å². The molecule has 1 aromatic carbocycles. The van der Waals surface area contributed by atoms with E-state index in [0.29, 0.717) is 17.4 Å². The Bertz CT molecular complexity index is 366. The van der Waals surface area contributed by atoms with E-state index in [-0.39, 0.29) is 0 Å². The zero-order valence-corrected chi connectivity index (χ0v) is 11.9. The zero-order chi connectivity index (χ0) is 13.5. The Morgan fingerprint density at radius 2 is 2.06 bits per heavy atom. The van der Waals surface area contributed by atoms with E-state index in [0.717, 1.165) is 25.2 Å². The molecule has 0 heterocycles. The van der Waals surface area contributed by atoms with E-state index >= 15 is 0 Å². The Labute approximate surface area is 110 Å². The van der Waals surface area contributed by atoms with Crippen molar-refractivity contribution in [2.75, 3.05) is 20.2 Å². The van der Waals surface area contributed by atoms with Gasteiger partial charge in [-0.2, -0.15) is 0 Å². The van der Waals surface area contributed by atoms with E-state index in [9.17, 15) is 5.11 Å². The Hall–Kier alpha value is -1.22. The molecule has 1 aromatic rings. The molecule has 0 spiro atoms. The van der Waals surface area contributed by atoms with Crippen molar-refractivity contribution in [3.8, 4) is 11.5 Å². The van der Waals surface area contributed by atoms with Crippen LogP contribution in [-0.4, -0.2) is 30.2 Å². The first-order chi connectivity index (χ1) is 8.60. The smallest absolute Gasteiger partial charge is 0.123 e. The van der Waals surface area contributed by atoms with Crippen molar-refractivity contribution in [3.63, 3.8) is 0 Å². The van der Waals surface area contributed by atoms with Gasteiger partial charge in [0.25, 0.3) is 0 Å². The highest BCUT2D eigenvalue weighted by Crippen LogP contribution is 2.24. The van der Waals surface area contributed by atoms with Crippen molar-refractivity contribution in [2.45, 2.75) is 33.7 Å². The molecular formula is C15H25NO2. The van der Waals surface area contributed by atoms with Gasteiger partial charge in [-0.05, 0) is 18.5 Å². The van der Waals surface area contributed by atoms with E-state index < -0.39 is 0 Å². The molecule has 0 saturated heterocycles. The van der Waals surface area contributed by atoms with Crippen LogP contribution < -0.4 is 4.74 Å². The zero-order valence-electron chi connectivity index (χ0n) is 11.9. The average molecular weight is 251 g/mol. The van der Waals surface area contributed by atoms with Gasteiger partial charge in [-0.15, -0.1) is 0 Å². The number of hydrogen-bond acceptors (Lipinski definition) is 3. The van der Waals surface area contributed by atoms with E-state index in [1.165, 1.54) is 6.42 Å². The summed E-state index contributed by atoms with van der Waals surface area (Å²) in [6.07, 6.45) is 1.19. The molecule has 1 atom stereocenters. The van der Waals surface area contributed by atoms with Crippen LogP contribution in [0.15, 0.2) is 18.2 Å². The van der Waals surface area contributed by atoms with E-state index in [4.69, 9.17) is 4.74 Å². The molecular weight excluding hydrogens is 226 g/mol. The molecule has 0 bridgehead atoms. The molecule has 0 aliphatic carbocycles. The molecule has 3 heteroatoms. The van der Waals surface area contributed by atoms with Gasteiger partial charge in [-0.1, -0.05) is 33.3 Å². The first-order valence-corrected chi connectivity index (χ1v) is 6.68. The summed E-state index contributed by atoms with van der Waals surface area (Å²) in [5, 5.41) is 9.95. The average Bonchev–Trinajstić information content (AvgIpc) is 2.39. The van der Waals surface area contributed by atoms with Gasteiger partial charge in [0.2, 0.25) is 0 Å². The largest absolute Gasteiger partial charge is 0.507 e. The number of rotatable bonds is 7. The topological polar surface area (TPSA) is 32.7 Å². The third-order valence-electron chi connectivity index (χ3n) is 3.40. The molecule has 1 unspecified atom stereocenters. The summed E-state index contributed by atoms with van der Waals surface area (Å²) >= 11 is 0. The summed E-state index contributed by atoms with van der Waals surface area (Å²) in [6, 6.07) is 5.51. The van der Waals surface area contributed by atoms with Crippen LogP contribution in [0.1, 0.15) is 32.8 Å². The quantitative estimate of drug-likeness (QED) is 0.807. The molecule has 18 heavy (non-hydrogen) atoms. The van der Waals surface area contributed by atoms with Gasteiger partial charge in [0.05, 0.1) is 7.11 Å². The fourth-order valence-corrected chi connectivity index (χ4v) is 1.92. The lowest BCUT2D eigenvalue weighted by Crippen LogP contribution is -2.27. The molecule has 0 amide bonds. The first kappa shape index (κ1) is 14.8. The van der Waals surface area contributed by atoms with Crippen LogP contribution >= 0.6 is 0 Å². The Morgan fingerprint density at radius 1 is 1.33 bits per heavy atom. The van der Waals surface area contributed by atoms with Crippen LogP contribution in [0.2, 0.25) is 0 Å². The molecule has 0 aliphatic heterocycles. The summed E-state index contributed by atoms with van der Waals surface area (Å²) in [5.41, 5.74) is 0.959. The molecule has 0 radical (unpaired) electrons. The van der Waals surface area contributed by atoms with Crippen LogP contribution in [0.25, 0.3) is 0 Å². The van der Waals surface area contributed by atoms with Crippen molar-refractivity contribution >= 4 is 0 Å². The minimum absolute atomic E-state index is 0.317. The van der Waals surface area contributed by atoms with Gasteiger partial charge in [0.1, 0.15) is 11.5 Å². The van der Waals surface area contributed by atoms with Crippen LogP contribution in [0.5, 0.6) is 11.5 Å². The number of benzene rings is 1. The van der Waals surface area contributed by atoms with Crippen molar-refractivity contribution in [1.29, 1.82) is 0 Å². The van der Waals surface area contributed by atoms with Gasteiger partial charge in [-0.3, -0.25) is 4.90 Å². The lowest BCUT2D eigenvalue weighted by atomic mass is 10.1. The van der Waals surface area contributed by atoms with Gasteiger partial charge >= 0.3 is 0 Å². The SMILES string of the molecule is CCC(C)CN(CC)Cc1ccc(OC)cc1O. The number of phenols is 1. The maximum atomic E-state index is 9.95. The Kier molecular flexibility index (Phi) is 5.99. The third kappa shape index (κ3) is 4.22. The normalized spacial score (nSPS) is 12.7. The highest BCUT2D eigenvalue weighted by molar-refractivity contribution is 5.39. The van der Waals surface area contributed by atoms with Crippen LogP contribution in [0.3, 0.4) is 0 Å². The second-order valence-corrected chi connectivity index (χ2v) is 4.84. The van der Waals surface area contributed by atoms with Crippen LogP contribution in [-0.2, 0) is 6.54 Å². The number of hydrogen-bond donors (Lipinski definition) is 1. The maximum Gasteiger partial charge on any atom is 0.123 e. The van der Waals surface area contributed by atoms with Crippen molar-refractivity contribution in [3.05, 3.63) is 23.8 Å². The molecule has 0 aliphatic rings. The van der Waals surface area contributed by atoms with Gasteiger partial charge in [-0.25, -0.2) is 0 Å². The number of nitrogens with zero attached hydrogens (tertiary/aromatic N) is 1. The van der Waals surface area contributed by atoms with Crippen LogP contribution in [0, 0.1) is 5.92 Å². The number of ether oxygens (including phenoxy) is 1. The second-order valence-electron chi connectivity index (χ2n) is 4.84. The number of phenolic OH excluding ortho intramolecular Hbond substituents is 1. The summed E-state index contributed by atoms with van der Waals surface area (Å²) in [5.74, 6) is 1.70. The summed E-state index contributed by atoms with van der Waals surface area (Å²) in [7, 11) is 1.61. The van der Waals surface area contributed by atoms with Gasteiger partial charge < -0.3 is 9.84 Å². The molecule has 0 saturated carbocycles. The lowest BCUT2D eigenvalue weighted by molar-refractivity contribution is 0.235. The molecule has 0 fully saturated rings. The molecule has 1 N–H and O–H groups in total. The monoisotopic (exact) mass is 251 g/mol. The summed E-state index contributed by atoms with van der Waals surface area (Å²) in [6.45, 7) is 9.48. The lowest BCUT2D eigenvalue weighted by Gasteiger charge is -2.24. The third-order valence-corrected chi connectivity index (χ3v) is 3.40. The van der Waals surface area contributed by atoms with E-state index in [1.807, 2.05) is 12.1 Å². The standard InChI is InChI=1S/C15H25NO2/c1-5-12(3)10-16(6-2)11-13-7-8-14(18-4)9-15(13)17/h7-9,12,17H,5-6,10-11H2,1-4H3. The van der Waals surface area contributed by atoms with Gasteiger partial charge in [0, 0.05) is 24.7 Å². The predicted octanol–water partition coefficient (Wildman–Crippen LogP) is 3.27. The van der Waals surface area contributed by atoms with Crippen molar-refractivity contribution < 1.29 is 9.84 Å². The second kappa shape index (κ2) is 7.27. The number of aromatic hydroxyl groups is 1. The van der Waals surface area contributed by atoms with E-state index in [1.54, 1.807) is 13.2 Å². The minimum Gasteiger partial charge on any atom is -0.507 e. The molecule has 3 nitrogen and oxygen atoms in total. The highest BCUT2D eigenvalue weighted by atomic mass is 16.5. The maximum absolute atomic E-state index is 9.95. The molecule has 0 aromatic heterocycles.